The Bertz CT molecular complexity index is 1210. The molecule has 0 saturated heterocycles. The van der Waals surface area contributed by atoms with Crippen molar-refractivity contribution in [3.63, 3.8) is 0 Å². The van der Waals surface area contributed by atoms with Crippen LogP contribution in [0.1, 0.15) is 5.56 Å². The van der Waals surface area contributed by atoms with E-state index < -0.39 is 5.82 Å². The SMILES string of the molecule is CNc1cc(Nc2cc3c(cn2)cnn3-c2c(F)cc(C#N)cc2Cl)ncn1. The number of hydrogen-bond acceptors (Lipinski definition) is 7. The standard InChI is InChI=1S/C18H12ClFN8/c1-22-15-5-17(25-9-24-15)27-16-4-14-11(7-23-16)8-26-28(14)18-12(19)2-10(6-21)3-13(18)20/h2-5,7-9H,1H3,(H2,22,23,24,25,27). The third-order valence-electron chi connectivity index (χ3n) is 3.99. The van der Waals surface area contributed by atoms with Crippen molar-refractivity contribution in [1.29, 1.82) is 5.26 Å². The van der Waals surface area contributed by atoms with Crippen molar-refractivity contribution in [2.75, 3.05) is 17.7 Å². The van der Waals surface area contributed by atoms with E-state index in [1.807, 2.05) is 6.07 Å². The molecule has 3 heterocycles. The van der Waals surface area contributed by atoms with Gasteiger partial charge in [0.15, 0.2) is 5.82 Å². The summed E-state index contributed by atoms with van der Waals surface area (Å²) in [4.78, 5) is 12.5. The van der Waals surface area contributed by atoms with Crippen molar-refractivity contribution >= 4 is 40.0 Å². The maximum Gasteiger partial charge on any atom is 0.151 e. The summed E-state index contributed by atoms with van der Waals surface area (Å²) < 4.78 is 15.9. The topological polar surface area (TPSA) is 104 Å². The fraction of sp³-hybridized carbons (Fsp3) is 0.0556. The Balaban J connectivity index is 1.78. The van der Waals surface area contributed by atoms with Gasteiger partial charge < -0.3 is 10.6 Å². The summed E-state index contributed by atoms with van der Waals surface area (Å²) in [6.07, 6.45) is 4.59. The zero-order valence-corrected chi connectivity index (χ0v) is 15.2. The number of benzene rings is 1. The number of pyridine rings is 1. The predicted octanol–water partition coefficient (Wildman–Crippen LogP) is 3.66. The second kappa shape index (κ2) is 7.09. The van der Waals surface area contributed by atoms with Crippen molar-refractivity contribution in [1.82, 2.24) is 24.7 Å². The molecule has 0 aliphatic rings. The second-order valence-electron chi connectivity index (χ2n) is 5.75. The van der Waals surface area contributed by atoms with Crippen LogP contribution in [0, 0.1) is 17.1 Å². The first-order valence-electron chi connectivity index (χ1n) is 8.09. The normalized spacial score (nSPS) is 10.6. The summed E-state index contributed by atoms with van der Waals surface area (Å²) in [5.41, 5.74) is 0.786. The lowest BCUT2D eigenvalue weighted by molar-refractivity contribution is 0.613. The monoisotopic (exact) mass is 394 g/mol. The predicted molar refractivity (Wildman–Crippen MR) is 103 cm³/mol. The van der Waals surface area contributed by atoms with E-state index >= 15 is 0 Å². The largest absolute Gasteiger partial charge is 0.373 e. The third-order valence-corrected chi connectivity index (χ3v) is 4.28. The zero-order chi connectivity index (χ0) is 19.7. The fourth-order valence-electron chi connectivity index (χ4n) is 2.69. The highest BCUT2D eigenvalue weighted by molar-refractivity contribution is 6.32. The zero-order valence-electron chi connectivity index (χ0n) is 14.5. The highest BCUT2D eigenvalue weighted by atomic mass is 35.5. The van der Waals surface area contributed by atoms with Crippen molar-refractivity contribution < 1.29 is 4.39 Å². The molecule has 0 bridgehead atoms. The van der Waals surface area contributed by atoms with Gasteiger partial charge in [0.1, 0.15) is 29.5 Å². The minimum atomic E-state index is -0.644. The third kappa shape index (κ3) is 3.17. The van der Waals surface area contributed by atoms with Crippen LogP contribution >= 0.6 is 11.6 Å². The Labute approximate surface area is 163 Å². The molecule has 0 atom stereocenters. The highest BCUT2D eigenvalue weighted by Crippen LogP contribution is 2.29. The molecular weight excluding hydrogens is 383 g/mol. The van der Waals surface area contributed by atoms with Crippen molar-refractivity contribution in [3.05, 3.63) is 59.4 Å². The molecule has 0 amide bonds. The lowest BCUT2D eigenvalue weighted by Gasteiger charge is -2.10. The first-order chi connectivity index (χ1) is 13.6. The van der Waals surface area contributed by atoms with E-state index in [9.17, 15) is 4.39 Å². The maximum absolute atomic E-state index is 14.6. The van der Waals surface area contributed by atoms with Gasteiger partial charge in [-0.05, 0) is 12.1 Å². The Hall–Kier alpha value is -3.77. The Kier molecular flexibility index (Phi) is 4.47. The first-order valence-corrected chi connectivity index (χ1v) is 8.47. The van der Waals surface area contributed by atoms with Crippen LogP contribution in [0.15, 0.2) is 43.0 Å². The number of halogens is 2. The molecular formula is C18H12ClFN8. The van der Waals surface area contributed by atoms with Gasteiger partial charge in [0, 0.05) is 30.8 Å². The molecule has 0 saturated carbocycles. The molecule has 138 valence electrons. The molecule has 2 N–H and O–H groups in total. The van der Waals surface area contributed by atoms with Gasteiger partial charge in [-0.1, -0.05) is 11.6 Å². The Morgan fingerprint density at radius 2 is 1.86 bits per heavy atom. The van der Waals surface area contributed by atoms with E-state index in [4.69, 9.17) is 16.9 Å². The summed E-state index contributed by atoms with van der Waals surface area (Å²) in [5.74, 6) is 1.03. The Morgan fingerprint density at radius 3 is 2.61 bits per heavy atom. The van der Waals surface area contributed by atoms with Crippen LogP contribution in [0.3, 0.4) is 0 Å². The van der Waals surface area contributed by atoms with Gasteiger partial charge in [0.05, 0.1) is 28.4 Å². The van der Waals surface area contributed by atoms with Crippen LogP contribution in [0.4, 0.5) is 21.8 Å². The van der Waals surface area contributed by atoms with Crippen LogP contribution < -0.4 is 10.6 Å². The molecule has 4 aromatic rings. The van der Waals surface area contributed by atoms with Crippen molar-refractivity contribution in [3.8, 4) is 11.8 Å². The van der Waals surface area contributed by atoms with E-state index in [0.29, 0.717) is 28.4 Å². The summed E-state index contributed by atoms with van der Waals surface area (Å²) in [6, 6.07) is 7.82. The number of nitrogens with one attached hydrogen (secondary N) is 2. The molecule has 0 fully saturated rings. The number of rotatable bonds is 4. The molecule has 4 rings (SSSR count). The van der Waals surface area contributed by atoms with Crippen LogP contribution in [0.25, 0.3) is 16.6 Å². The van der Waals surface area contributed by atoms with Gasteiger partial charge in [0.25, 0.3) is 0 Å². The van der Waals surface area contributed by atoms with Gasteiger partial charge >= 0.3 is 0 Å². The quantitative estimate of drug-likeness (QED) is 0.544. The molecule has 0 aliphatic heterocycles. The van der Waals surface area contributed by atoms with Crippen molar-refractivity contribution in [2.45, 2.75) is 0 Å². The highest BCUT2D eigenvalue weighted by Gasteiger charge is 2.16. The number of nitrogens with zero attached hydrogens (tertiary/aromatic N) is 6. The van der Waals surface area contributed by atoms with Gasteiger partial charge in [0.2, 0.25) is 0 Å². The number of aromatic nitrogens is 5. The van der Waals surface area contributed by atoms with Gasteiger partial charge in [-0.15, -0.1) is 0 Å². The van der Waals surface area contributed by atoms with E-state index in [1.54, 1.807) is 31.6 Å². The average Bonchev–Trinajstić information content (AvgIpc) is 3.10. The van der Waals surface area contributed by atoms with Gasteiger partial charge in [-0.25, -0.2) is 24.0 Å². The summed E-state index contributed by atoms with van der Waals surface area (Å²) in [7, 11) is 1.75. The Morgan fingerprint density at radius 1 is 1.07 bits per heavy atom. The van der Waals surface area contributed by atoms with E-state index in [-0.39, 0.29) is 16.3 Å². The molecule has 10 heteroatoms. The van der Waals surface area contributed by atoms with E-state index in [0.717, 1.165) is 6.07 Å². The number of fused-ring (bicyclic) bond motifs is 1. The molecule has 1 aromatic carbocycles. The minimum absolute atomic E-state index is 0.0623. The maximum atomic E-state index is 14.6. The lowest BCUT2D eigenvalue weighted by Crippen LogP contribution is -2.03. The average molecular weight is 395 g/mol. The lowest BCUT2D eigenvalue weighted by atomic mass is 10.2. The van der Waals surface area contributed by atoms with E-state index in [1.165, 1.54) is 17.1 Å². The van der Waals surface area contributed by atoms with Crippen LogP contribution in [0.5, 0.6) is 0 Å². The number of anilines is 3. The molecule has 0 aliphatic carbocycles. The first kappa shape index (κ1) is 17.6. The van der Waals surface area contributed by atoms with E-state index in [2.05, 4.69) is 30.7 Å². The molecule has 3 aromatic heterocycles. The van der Waals surface area contributed by atoms with Crippen LogP contribution in [-0.2, 0) is 0 Å². The molecule has 0 unspecified atom stereocenters. The summed E-state index contributed by atoms with van der Waals surface area (Å²) in [5, 5.41) is 20.0. The molecule has 0 spiro atoms. The number of nitriles is 1. The smallest absolute Gasteiger partial charge is 0.151 e. The summed E-state index contributed by atoms with van der Waals surface area (Å²) in [6.45, 7) is 0. The van der Waals surface area contributed by atoms with Gasteiger partial charge in [-0.3, -0.25) is 0 Å². The van der Waals surface area contributed by atoms with Crippen molar-refractivity contribution in [2.24, 2.45) is 0 Å². The molecule has 0 radical (unpaired) electrons. The molecule has 28 heavy (non-hydrogen) atoms. The molecule has 8 nitrogen and oxygen atoms in total. The fourth-order valence-corrected chi connectivity index (χ4v) is 2.98. The van der Waals surface area contributed by atoms with Crippen LogP contribution in [0.2, 0.25) is 5.02 Å². The summed E-state index contributed by atoms with van der Waals surface area (Å²) >= 11 is 6.20. The second-order valence-corrected chi connectivity index (χ2v) is 6.16. The minimum Gasteiger partial charge on any atom is -0.373 e. The van der Waals surface area contributed by atoms with Gasteiger partial charge in [-0.2, -0.15) is 10.4 Å². The number of hydrogen-bond donors (Lipinski definition) is 2. The van der Waals surface area contributed by atoms with Crippen LogP contribution in [-0.4, -0.2) is 31.8 Å².